The molecule has 0 bridgehead atoms. The standard InChI is InChI=1S/C19H22S/c1-2-7-17(19-12-6-13-20-19)14-16-10-5-9-15-8-3-4-11-18(15)16/h5-6,8-13,17H,2-4,7,14H2,1H3. The van der Waals surface area contributed by atoms with E-state index in [1.807, 2.05) is 11.3 Å². The van der Waals surface area contributed by atoms with Crippen molar-refractivity contribution in [2.24, 2.45) is 0 Å². The summed E-state index contributed by atoms with van der Waals surface area (Å²) in [5.41, 5.74) is 1.53. The van der Waals surface area contributed by atoms with Crippen molar-refractivity contribution in [1.29, 1.82) is 0 Å². The van der Waals surface area contributed by atoms with Crippen molar-refractivity contribution in [3.05, 3.63) is 56.6 Å². The van der Waals surface area contributed by atoms with Crippen molar-refractivity contribution in [1.82, 2.24) is 0 Å². The third kappa shape index (κ3) is 2.88. The number of rotatable bonds is 5. The van der Waals surface area contributed by atoms with Crippen LogP contribution in [0.5, 0.6) is 0 Å². The van der Waals surface area contributed by atoms with Gasteiger partial charge < -0.3 is 0 Å². The summed E-state index contributed by atoms with van der Waals surface area (Å²) in [6.07, 6.45) is 10.9. The number of hydrogen-bond acceptors (Lipinski definition) is 1. The zero-order valence-electron chi connectivity index (χ0n) is 12.1. The van der Waals surface area contributed by atoms with E-state index in [2.05, 4.69) is 54.8 Å². The van der Waals surface area contributed by atoms with E-state index in [-0.39, 0.29) is 0 Å². The minimum absolute atomic E-state index is 0.682. The summed E-state index contributed by atoms with van der Waals surface area (Å²) >= 11 is 1.91. The van der Waals surface area contributed by atoms with Gasteiger partial charge in [0.1, 0.15) is 0 Å². The van der Waals surface area contributed by atoms with Gasteiger partial charge in [0.2, 0.25) is 0 Å². The molecule has 0 radical (unpaired) electrons. The van der Waals surface area contributed by atoms with Gasteiger partial charge >= 0.3 is 0 Å². The maximum absolute atomic E-state index is 2.43. The van der Waals surface area contributed by atoms with E-state index in [4.69, 9.17) is 0 Å². The second-order valence-electron chi connectivity index (χ2n) is 5.61. The average molecular weight is 282 g/mol. The molecule has 1 atom stereocenters. The molecule has 0 N–H and O–H groups in total. The molecule has 20 heavy (non-hydrogen) atoms. The van der Waals surface area contributed by atoms with Crippen molar-refractivity contribution < 1.29 is 0 Å². The molecule has 1 aliphatic rings. The molecule has 0 amide bonds. The first-order valence-electron chi connectivity index (χ1n) is 7.70. The van der Waals surface area contributed by atoms with E-state index in [0.29, 0.717) is 5.92 Å². The molecule has 0 nitrogen and oxygen atoms in total. The van der Waals surface area contributed by atoms with Crippen LogP contribution in [0.4, 0.5) is 0 Å². The Bertz CT molecular complexity index is 664. The number of thiophene rings is 1. The van der Waals surface area contributed by atoms with Crippen LogP contribution in [0.25, 0.3) is 12.2 Å². The highest BCUT2D eigenvalue weighted by molar-refractivity contribution is 7.10. The van der Waals surface area contributed by atoms with Gasteiger partial charge in [0.05, 0.1) is 0 Å². The summed E-state index contributed by atoms with van der Waals surface area (Å²) < 4.78 is 0. The molecule has 1 heterocycles. The van der Waals surface area contributed by atoms with Gasteiger partial charge in [-0.05, 0) is 59.0 Å². The van der Waals surface area contributed by atoms with Gasteiger partial charge in [-0.15, -0.1) is 11.3 Å². The minimum atomic E-state index is 0.682. The first kappa shape index (κ1) is 13.6. The van der Waals surface area contributed by atoms with Crippen LogP contribution in [-0.4, -0.2) is 0 Å². The van der Waals surface area contributed by atoms with Crippen LogP contribution in [0.15, 0.2) is 35.7 Å². The second kappa shape index (κ2) is 6.41. The number of benzene rings is 1. The molecule has 0 saturated heterocycles. The Morgan fingerprint density at radius 2 is 2.00 bits per heavy atom. The van der Waals surface area contributed by atoms with E-state index < -0.39 is 0 Å². The van der Waals surface area contributed by atoms with Crippen LogP contribution < -0.4 is 10.4 Å². The molecule has 1 aromatic heterocycles. The van der Waals surface area contributed by atoms with Crippen LogP contribution in [0.1, 0.15) is 49.0 Å². The quantitative estimate of drug-likeness (QED) is 0.770. The van der Waals surface area contributed by atoms with Gasteiger partial charge in [-0.1, -0.05) is 49.8 Å². The van der Waals surface area contributed by atoms with Gasteiger partial charge in [-0.3, -0.25) is 0 Å². The van der Waals surface area contributed by atoms with E-state index in [1.165, 1.54) is 48.1 Å². The molecule has 104 valence electrons. The first-order chi connectivity index (χ1) is 9.88. The Labute approximate surface area is 125 Å². The van der Waals surface area contributed by atoms with Gasteiger partial charge in [-0.2, -0.15) is 0 Å². The lowest BCUT2D eigenvalue weighted by atomic mass is 9.91. The summed E-state index contributed by atoms with van der Waals surface area (Å²) in [6, 6.07) is 11.3. The lowest BCUT2D eigenvalue weighted by Gasteiger charge is -2.16. The van der Waals surface area contributed by atoms with Crippen LogP contribution >= 0.6 is 11.3 Å². The maximum Gasteiger partial charge on any atom is 0.00794 e. The summed E-state index contributed by atoms with van der Waals surface area (Å²) in [5, 5.41) is 5.14. The van der Waals surface area contributed by atoms with Crippen molar-refractivity contribution in [3.8, 4) is 0 Å². The molecule has 1 unspecified atom stereocenters. The largest absolute Gasteiger partial charge is 0.149 e. The molecule has 0 fully saturated rings. The number of hydrogen-bond donors (Lipinski definition) is 0. The van der Waals surface area contributed by atoms with Gasteiger partial charge in [0.15, 0.2) is 0 Å². The van der Waals surface area contributed by atoms with E-state index >= 15 is 0 Å². The molecule has 2 aromatic rings. The second-order valence-corrected chi connectivity index (χ2v) is 6.59. The van der Waals surface area contributed by atoms with E-state index in [9.17, 15) is 0 Å². The Balaban J connectivity index is 1.94. The van der Waals surface area contributed by atoms with Gasteiger partial charge in [-0.25, -0.2) is 0 Å². The molecule has 1 aromatic carbocycles. The fourth-order valence-electron chi connectivity index (χ4n) is 3.19. The van der Waals surface area contributed by atoms with Crippen LogP contribution in [0.3, 0.4) is 0 Å². The highest BCUT2D eigenvalue weighted by Gasteiger charge is 2.13. The van der Waals surface area contributed by atoms with Crippen LogP contribution in [0.2, 0.25) is 0 Å². The van der Waals surface area contributed by atoms with Gasteiger partial charge in [0, 0.05) is 4.88 Å². The predicted octanol–water partition coefficient (Wildman–Crippen LogP) is 4.23. The Hall–Kier alpha value is -1.34. The fraction of sp³-hybridized carbons (Fsp3) is 0.368. The Morgan fingerprint density at radius 1 is 1.10 bits per heavy atom. The highest BCUT2D eigenvalue weighted by Crippen LogP contribution is 2.28. The van der Waals surface area contributed by atoms with Crippen molar-refractivity contribution >= 4 is 23.5 Å². The predicted molar refractivity (Wildman–Crippen MR) is 89.5 cm³/mol. The van der Waals surface area contributed by atoms with Crippen molar-refractivity contribution in [2.45, 2.75) is 44.9 Å². The summed E-state index contributed by atoms with van der Waals surface area (Å²) in [5.74, 6) is 0.682. The summed E-state index contributed by atoms with van der Waals surface area (Å²) in [4.78, 5) is 1.55. The van der Waals surface area contributed by atoms with E-state index in [1.54, 1.807) is 4.88 Å². The third-order valence-electron chi connectivity index (χ3n) is 4.16. The zero-order valence-corrected chi connectivity index (χ0v) is 13.0. The third-order valence-corrected chi connectivity index (χ3v) is 5.19. The summed E-state index contributed by atoms with van der Waals surface area (Å²) in [6.45, 7) is 2.29. The molecule has 0 aliphatic heterocycles. The van der Waals surface area contributed by atoms with Crippen LogP contribution in [-0.2, 0) is 6.42 Å². The number of fused-ring (bicyclic) bond motifs is 1. The maximum atomic E-state index is 2.43. The zero-order chi connectivity index (χ0) is 13.8. The molecule has 0 spiro atoms. The van der Waals surface area contributed by atoms with Crippen molar-refractivity contribution in [3.63, 3.8) is 0 Å². The average Bonchev–Trinajstić information content (AvgIpc) is 3.01. The molecule has 1 aliphatic carbocycles. The molecule has 1 heteroatoms. The van der Waals surface area contributed by atoms with Crippen LogP contribution in [0, 0.1) is 0 Å². The normalized spacial score (nSPS) is 15.1. The lowest BCUT2D eigenvalue weighted by molar-refractivity contribution is 0.618. The SMILES string of the molecule is CCCC(Cc1cccc2c1=CCCC=2)c1cccs1. The Morgan fingerprint density at radius 3 is 2.80 bits per heavy atom. The summed E-state index contributed by atoms with van der Waals surface area (Å²) in [7, 11) is 0. The van der Waals surface area contributed by atoms with E-state index in [0.717, 1.165) is 0 Å². The van der Waals surface area contributed by atoms with Gasteiger partial charge in [0.25, 0.3) is 0 Å². The molecular weight excluding hydrogens is 260 g/mol. The minimum Gasteiger partial charge on any atom is -0.149 e. The van der Waals surface area contributed by atoms with Crippen molar-refractivity contribution in [2.75, 3.05) is 0 Å². The molecule has 0 saturated carbocycles. The Kier molecular flexibility index (Phi) is 4.37. The fourth-order valence-corrected chi connectivity index (χ4v) is 4.05. The highest BCUT2D eigenvalue weighted by atomic mass is 32.1. The monoisotopic (exact) mass is 282 g/mol. The molecule has 3 rings (SSSR count). The first-order valence-corrected chi connectivity index (χ1v) is 8.58. The smallest absolute Gasteiger partial charge is 0.00794 e. The lowest BCUT2D eigenvalue weighted by Crippen LogP contribution is -2.30. The molecular formula is C19H22S. The topological polar surface area (TPSA) is 0 Å².